The Kier molecular flexibility index (Phi) is 6.17. The Morgan fingerprint density at radius 1 is 1.50 bits per heavy atom. The summed E-state index contributed by atoms with van der Waals surface area (Å²) in [6.07, 6.45) is 2.55. The van der Waals surface area contributed by atoms with Crippen LogP contribution in [-0.4, -0.2) is 18.3 Å². The third kappa shape index (κ3) is 4.32. The van der Waals surface area contributed by atoms with E-state index >= 15 is 0 Å². The Morgan fingerprint density at radius 3 is 2.83 bits per heavy atom. The van der Waals surface area contributed by atoms with E-state index < -0.39 is 5.54 Å². The lowest BCUT2D eigenvalue weighted by Crippen LogP contribution is -2.40. The summed E-state index contributed by atoms with van der Waals surface area (Å²) in [6, 6.07) is 8.96. The van der Waals surface area contributed by atoms with Gasteiger partial charge in [-0.2, -0.15) is 5.26 Å². The van der Waals surface area contributed by atoms with Crippen LogP contribution in [0, 0.1) is 17.1 Å². The quantitative estimate of drug-likeness (QED) is 0.605. The number of thioether (sulfide) groups is 1. The van der Waals surface area contributed by atoms with Crippen LogP contribution in [0.5, 0.6) is 0 Å². The van der Waals surface area contributed by atoms with Gasteiger partial charge in [-0.1, -0.05) is 13.0 Å². The van der Waals surface area contributed by atoms with E-state index in [2.05, 4.69) is 11.4 Å². The predicted octanol–water partition coefficient (Wildman–Crippen LogP) is 3.59. The van der Waals surface area contributed by atoms with Crippen LogP contribution >= 0.6 is 11.8 Å². The zero-order valence-electron chi connectivity index (χ0n) is 10.9. The minimum Gasteiger partial charge on any atom is -0.302 e. The molecule has 0 aliphatic carbocycles. The molecule has 1 atom stereocenters. The van der Waals surface area contributed by atoms with Gasteiger partial charge in [0, 0.05) is 4.90 Å². The van der Waals surface area contributed by atoms with Crippen LogP contribution < -0.4 is 5.32 Å². The molecular weight excluding hydrogens is 247 g/mol. The molecule has 4 heteroatoms. The highest BCUT2D eigenvalue weighted by atomic mass is 32.2. The first-order valence-electron chi connectivity index (χ1n) is 6.14. The van der Waals surface area contributed by atoms with E-state index in [0.717, 1.165) is 29.9 Å². The van der Waals surface area contributed by atoms with Crippen molar-refractivity contribution in [2.45, 2.75) is 36.6 Å². The van der Waals surface area contributed by atoms with Gasteiger partial charge in [-0.05, 0) is 50.3 Å². The molecule has 0 spiro atoms. The Labute approximate surface area is 113 Å². The molecular formula is C14H19FN2S. The molecule has 0 amide bonds. The number of rotatable bonds is 7. The summed E-state index contributed by atoms with van der Waals surface area (Å²) < 4.78 is 13.0. The standard InChI is InChI=1S/C14H19FN2S/c1-3-14(11-16,17-2)8-5-9-18-13-7-4-6-12(15)10-13/h4,6-7,10,17H,3,5,8-9H2,1-2H3. The van der Waals surface area contributed by atoms with Gasteiger partial charge in [0.2, 0.25) is 0 Å². The van der Waals surface area contributed by atoms with E-state index in [4.69, 9.17) is 5.26 Å². The van der Waals surface area contributed by atoms with Crippen molar-refractivity contribution in [3.63, 3.8) is 0 Å². The molecule has 0 saturated heterocycles. The van der Waals surface area contributed by atoms with Crippen molar-refractivity contribution < 1.29 is 4.39 Å². The van der Waals surface area contributed by atoms with Crippen molar-refractivity contribution in [3.8, 4) is 6.07 Å². The summed E-state index contributed by atoms with van der Waals surface area (Å²) >= 11 is 1.63. The van der Waals surface area contributed by atoms with Crippen molar-refractivity contribution in [2.24, 2.45) is 0 Å². The van der Waals surface area contributed by atoms with Crippen LogP contribution in [0.2, 0.25) is 0 Å². The summed E-state index contributed by atoms with van der Waals surface area (Å²) in [5.41, 5.74) is -0.414. The molecule has 0 fully saturated rings. The van der Waals surface area contributed by atoms with Crippen molar-refractivity contribution in [1.82, 2.24) is 5.32 Å². The highest BCUT2D eigenvalue weighted by Crippen LogP contribution is 2.23. The molecule has 1 N–H and O–H groups in total. The SMILES string of the molecule is CCC(C#N)(CCCSc1cccc(F)c1)NC. The maximum Gasteiger partial charge on any atom is 0.124 e. The van der Waals surface area contributed by atoms with Gasteiger partial charge in [-0.15, -0.1) is 11.8 Å². The van der Waals surface area contributed by atoms with Crippen molar-refractivity contribution in [2.75, 3.05) is 12.8 Å². The molecule has 0 aliphatic rings. The smallest absolute Gasteiger partial charge is 0.124 e. The van der Waals surface area contributed by atoms with Gasteiger partial charge in [0.1, 0.15) is 11.4 Å². The Hall–Kier alpha value is -1.05. The molecule has 1 aromatic rings. The number of benzene rings is 1. The maximum absolute atomic E-state index is 13.0. The number of halogens is 1. The zero-order chi connectivity index (χ0) is 13.4. The molecule has 1 aromatic carbocycles. The third-order valence-corrected chi connectivity index (χ3v) is 4.19. The average molecular weight is 266 g/mol. The third-order valence-electron chi connectivity index (χ3n) is 3.11. The number of nitrogens with one attached hydrogen (secondary N) is 1. The highest BCUT2D eigenvalue weighted by molar-refractivity contribution is 7.99. The van der Waals surface area contributed by atoms with Crippen LogP contribution in [0.25, 0.3) is 0 Å². The van der Waals surface area contributed by atoms with Crippen LogP contribution in [0.3, 0.4) is 0 Å². The number of nitrogens with zero attached hydrogens (tertiary/aromatic N) is 1. The van der Waals surface area contributed by atoms with Gasteiger partial charge in [0.25, 0.3) is 0 Å². The van der Waals surface area contributed by atoms with Gasteiger partial charge in [-0.25, -0.2) is 4.39 Å². The van der Waals surface area contributed by atoms with Gasteiger partial charge in [-0.3, -0.25) is 0 Å². The molecule has 18 heavy (non-hydrogen) atoms. The number of hydrogen-bond donors (Lipinski definition) is 1. The molecule has 2 nitrogen and oxygen atoms in total. The van der Waals surface area contributed by atoms with Crippen molar-refractivity contribution in [3.05, 3.63) is 30.1 Å². The Morgan fingerprint density at radius 2 is 2.28 bits per heavy atom. The lowest BCUT2D eigenvalue weighted by atomic mass is 9.93. The fourth-order valence-corrected chi connectivity index (χ4v) is 2.69. The minimum atomic E-state index is -0.414. The lowest BCUT2D eigenvalue weighted by Gasteiger charge is -2.24. The number of nitriles is 1. The van der Waals surface area contributed by atoms with Gasteiger partial charge >= 0.3 is 0 Å². The average Bonchev–Trinajstić information content (AvgIpc) is 2.40. The van der Waals surface area contributed by atoms with E-state index in [0.29, 0.717) is 0 Å². The van der Waals surface area contributed by atoms with Crippen LogP contribution in [0.15, 0.2) is 29.2 Å². The summed E-state index contributed by atoms with van der Waals surface area (Å²) in [5.74, 6) is 0.698. The van der Waals surface area contributed by atoms with Crippen LogP contribution in [-0.2, 0) is 0 Å². The number of hydrogen-bond acceptors (Lipinski definition) is 3. The second-order valence-electron chi connectivity index (χ2n) is 4.21. The minimum absolute atomic E-state index is 0.199. The molecule has 1 rings (SSSR count). The molecule has 0 radical (unpaired) electrons. The molecule has 0 heterocycles. The van der Waals surface area contributed by atoms with Crippen LogP contribution in [0.1, 0.15) is 26.2 Å². The summed E-state index contributed by atoms with van der Waals surface area (Å²) in [7, 11) is 1.83. The fraction of sp³-hybridized carbons (Fsp3) is 0.500. The van der Waals surface area contributed by atoms with E-state index in [9.17, 15) is 4.39 Å². The van der Waals surface area contributed by atoms with E-state index in [1.165, 1.54) is 6.07 Å². The van der Waals surface area contributed by atoms with Gasteiger partial charge in [0.05, 0.1) is 6.07 Å². The van der Waals surface area contributed by atoms with Crippen molar-refractivity contribution in [1.29, 1.82) is 5.26 Å². The first-order valence-corrected chi connectivity index (χ1v) is 7.13. The molecule has 98 valence electrons. The molecule has 0 aliphatic heterocycles. The largest absolute Gasteiger partial charge is 0.302 e. The normalized spacial score (nSPS) is 13.9. The fourth-order valence-electron chi connectivity index (χ4n) is 1.79. The summed E-state index contributed by atoms with van der Waals surface area (Å²) in [4.78, 5) is 0.943. The van der Waals surface area contributed by atoms with Gasteiger partial charge < -0.3 is 5.32 Å². The molecule has 0 aromatic heterocycles. The van der Waals surface area contributed by atoms with E-state index in [-0.39, 0.29) is 5.82 Å². The predicted molar refractivity (Wildman–Crippen MR) is 74.1 cm³/mol. The van der Waals surface area contributed by atoms with E-state index in [1.807, 2.05) is 20.0 Å². The highest BCUT2D eigenvalue weighted by Gasteiger charge is 2.24. The van der Waals surface area contributed by atoms with Crippen LogP contribution in [0.4, 0.5) is 4.39 Å². The van der Waals surface area contributed by atoms with Gasteiger partial charge in [0.15, 0.2) is 0 Å². The Bertz CT molecular complexity index is 411. The topological polar surface area (TPSA) is 35.8 Å². The summed E-state index contributed by atoms with van der Waals surface area (Å²) in [5, 5.41) is 12.3. The molecule has 1 unspecified atom stereocenters. The Balaban J connectivity index is 2.37. The zero-order valence-corrected chi connectivity index (χ0v) is 11.7. The first kappa shape index (κ1) is 15.0. The second-order valence-corrected chi connectivity index (χ2v) is 5.38. The summed E-state index contributed by atoms with van der Waals surface area (Å²) in [6.45, 7) is 2.01. The molecule has 0 saturated carbocycles. The monoisotopic (exact) mass is 266 g/mol. The second kappa shape index (κ2) is 7.40. The maximum atomic E-state index is 13.0. The van der Waals surface area contributed by atoms with Crippen molar-refractivity contribution >= 4 is 11.8 Å². The lowest BCUT2D eigenvalue weighted by molar-refractivity contribution is 0.400. The first-order chi connectivity index (χ1) is 8.65. The van der Waals surface area contributed by atoms with E-state index in [1.54, 1.807) is 23.9 Å². The molecule has 0 bridgehead atoms.